The molecule has 1 amide bonds. The van der Waals surface area contributed by atoms with Crippen LogP contribution in [0.3, 0.4) is 0 Å². The minimum absolute atomic E-state index is 0.177. The maximum absolute atomic E-state index is 12.0. The zero-order valence-electron chi connectivity index (χ0n) is 9.85. The molecule has 0 aromatic carbocycles. The summed E-state index contributed by atoms with van der Waals surface area (Å²) < 4.78 is 0. The van der Waals surface area contributed by atoms with Gasteiger partial charge in [0.25, 0.3) is 5.91 Å². The lowest BCUT2D eigenvalue weighted by molar-refractivity contribution is 0.102. The highest BCUT2D eigenvalue weighted by molar-refractivity contribution is 6.29. The second-order valence-corrected chi connectivity index (χ2v) is 4.74. The molecule has 7 nitrogen and oxygen atoms in total. The smallest absolute Gasteiger partial charge is 0.279 e. The molecule has 19 heavy (non-hydrogen) atoms. The lowest BCUT2D eigenvalue weighted by atomic mass is 10.2. The number of nitrogen functional groups attached to an aromatic ring is 1. The highest BCUT2D eigenvalue weighted by Crippen LogP contribution is 2.42. The van der Waals surface area contributed by atoms with Crippen LogP contribution in [-0.4, -0.2) is 26.1 Å². The first-order valence-corrected chi connectivity index (χ1v) is 6.15. The van der Waals surface area contributed by atoms with E-state index in [2.05, 4.69) is 25.5 Å². The van der Waals surface area contributed by atoms with E-state index in [1.807, 2.05) is 0 Å². The number of nitrogens with one attached hydrogen (secondary N) is 2. The van der Waals surface area contributed by atoms with E-state index in [9.17, 15) is 4.79 Å². The van der Waals surface area contributed by atoms with Crippen molar-refractivity contribution >= 4 is 29.0 Å². The summed E-state index contributed by atoms with van der Waals surface area (Å²) in [7, 11) is 0. The van der Waals surface area contributed by atoms with Crippen LogP contribution in [0, 0.1) is 0 Å². The maximum atomic E-state index is 12.0. The number of amides is 1. The number of nitrogens with zero attached hydrogens (tertiary/aromatic N) is 3. The predicted molar refractivity (Wildman–Crippen MR) is 70.0 cm³/mol. The van der Waals surface area contributed by atoms with E-state index in [-0.39, 0.29) is 10.8 Å². The average Bonchev–Trinajstić information content (AvgIpc) is 3.13. The number of anilines is 2. The average molecular weight is 279 g/mol. The first-order valence-electron chi connectivity index (χ1n) is 5.78. The largest absolute Gasteiger partial charge is 0.395 e. The number of nitrogens with two attached hydrogens (primary N) is 1. The van der Waals surface area contributed by atoms with Crippen molar-refractivity contribution < 1.29 is 4.79 Å². The molecule has 0 unspecified atom stereocenters. The Balaban J connectivity index is 1.80. The van der Waals surface area contributed by atoms with Gasteiger partial charge in [0.2, 0.25) is 0 Å². The Kier molecular flexibility index (Phi) is 2.83. The number of carbonyl (C=O) groups is 1. The summed E-state index contributed by atoms with van der Waals surface area (Å²) >= 11 is 5.71. The molecule has 98 valence electrons. The van der Waals surface area contributed by atoms with Gasteiger partial charge in [-0.2, -0.15) is 5.10 Å². The summed E-state index contributed by atoms with van der Waals surface area (Å²) in [6.45, 7) is 0. The number of H-pyrrole nitrogens is 1. The second-order valence-electron chi connectivity index (χ2n) is 4.35. The van der Waals surface area contributed by atoms with Crippen molar-refractivity contribution in [3.8, 4) is 0 Å². The molecule has 2 aromatic rings. The lowest BCUT2D eigenvalue weighted by Crippen LogP contribution is -2.15. The Morgan fingerprint density at radius 1 is 1.47 bits per heavy atom. The minimum Gasteiger partial charge on any atom is -0.395 e. The number of hydrogen-bond donors (Lipinski definition) is 3. The van der Waals surface area contributed by atoms with Gasteiger partial charge in [-0.1, -0.05) is 11.6 Å². The van der Waals surface area contributed by atoms with Gasteiger partial charge in [-0.05, 0) is 12.8 Å². The molecule has 0 radical (unpaired) electrons. The Morgan fingerprint density at radius 2 is 2.26 bits per heavy atom. The third kappa shape index (κ3) is 2.37. The van der Waals surface area contributed by atoms with E-state index in [1.165, 1.54) is 12.4 Å². The van der Waals surface area contributed by atoms with Crippen LogP contribution in [0.1, 0.15) is 34.9 Å². The molecule has 1 fully saturated rings. The molecule has 3 rings (SSSR count). The van der Waals surface area contributed by atoms with Crippen molar-refractivity contribution in [2.24, 2.45) is 0 Å². The quantitative estimate of drug-likeness (QED) is 0.738. The van der Waals surface area contributed by atoms with Crippen molar-refractivity contribution in [3.63, 3.8) is 0 Å². The summed E-state index contributed by atoms with van der Waals surface area (Å²) in [5.41, 5.74) is 7.33. The van der Waals surface area contributed by atoms with E-state index in [1.54, 1.807) is 0 Å². The fourth-order valence-electron chi connectivity index (χ4n) is 1.80. The topological polar surface area (TPSA) is 110 Å². The Hall–Kier alpha value is -2.15. The highest BCUT2D eigenvalue weighted by atomic mass is 35.5. The highest BCUT2D eigenvalue weighted by Gasteiger charge is 2.30. The molecular weight excluding hydrogens is 268 g/mol. The third-order valence-corrected chi connectivity index (χ3v) is 3.12. The van der Waals surface area contributed by atoms with Gasteiger partial charge in [-0.25, -0.2) is 9.97 Å². The molecule has 4 N–H and O–H groups in total. The van der Waals surface area contributed by atoms with E-state index in [0.717, 1.165) is 18.5 Å². The molecule has 8 heteroatoms. The molecular formula is C11H11ClN6O. The van der Waals surface area contributed by atoms with Crippen molar-refractivity contribution in [2.75, 3.05) is 11.1 Å². The maximum Gasteiger partial charge on any atom is 0.279 e. The van der Waals surface area contributed by atoms with Crippen LogP contribution in [0.5, 0.6) is 0 Å². The molecule has 1 aliphatic carbocycles. The van der Waals surface area contributed by atoms with Gasteiger partial charge >= 0.3 is 0 Å². The summed E-state index contributed by atoms with van der Waals surface area (Å²) in [6.07, 6.45) is 3.42. The fraction of sp³-hybridized carbons (Fsp3) is 0.273. The van der Waals surface area contributed by atoms with Gasteiger partial charge in [-0.3, -0.25) is 9.89 Å². The Morgan fingerprint density at radius 3 is 2.95 bits per heavy atom. The van der Waals surface area contributed by atoms with Gasteiger partial charge in [-0.15, -0.1) is 0 Å². The standard InChI is InChI=1S/C11H11ClN6O/c12-6-3-7(15-4-14-6)16-11(19)10-8(13)9(17-18-10)5-1-2-5/h3-5H,1-2,13H2,(H,17,18)(H,14,15,16,19). The summed E-state index contributed by atoms with van der Waals surface area (Å²) in [6, 6.07) is 1.45. The van der Waals surface area contributed by atoms with E-state index in [4.69, 9.17) is 17.3 Å². The van der Waals surface area contributed by atoms with Crippen LogP contribution in [0.15, 0.2) is 12.4 Å². The third-order valence-electron chi connectivity index (χ3n) is 2.91. The number of halogens is 1. The van der Waals surface area contributed by atoms with E-state index >= 15 is 0 Å². The summed E-state index contributed by atoms with van der Waals surface area (Å²) in [4.78, 5) is 19.6. The predicted octanol–water partition coefficient (Wildman–Crippen LogP) is 1.56. The van der Waals surface area contributed by atoms with Crippen LogP contribution in [0.2, 0.25) is 5.15 Å². The molecule has 1 aliphatic rings. The zero-order valence-corrected chi connectivity index (χ0v) is 10.6. The number of carbonyl (C=O) groups excluding carboxylic acids is 1. The fourth-order valence-corrected chi connectivity index (χ4v) is 1.94. The van der Waals surface area contributed by atoms with Crippen molar-refractivity contribution in [2.45, 2.75) is 18.8 Å². The molecule has 2 aromatic heterocycles. The van der Waals surface area contributed by atoms with Crippen molar-refractivity contribution in [1.82, 2.24) is 20.2 Å². The Labute approximate surface area is 113 Å². The molecule has 0 atom stereocenters. The first kappa shape index (κ1) is 11.9. The monoisotopic (exact) mass is 278 g/mol. The van der Waals surface area contributed by atoms with E-state index < -0.39 is 5.91 Å². The molecule has 1 saturated carbocycles. The van der Waals surface area contributed by atoms with Crippen LogP contribution >= 0.6 is 11.6 Å². The van der Waals surface area contributed by atoms with Gasteiger partial charge in [0.1, 0.15) is 17.3 Å². The number of rotatable bonds is 3. The van der Waals surface area contributed by atoms with Crippen LogP contribution in [0.4, 0.5) is 11.5 Å². The zero-order chi connectivity index (χ0) is 13.4. The Bertz CT molecular complexity index is 636. The molecule has 0 spiro atoms. The van der Waals surface area contributed by atoms with Crippen LogP contribution in [0.25, 0.3) is 0 Å². The van der Waals surface area contributed by atoms with Crippen molar-refractivity contribution in [1.29, 1.82) is 0 Å². The van der Waals surface area contributed by atoms with Gasteiger partial charge in [0.05, 0.1) is 11.4 Å². The van der Waals surface area contributed by atoms with E-state index in [0.29, 0.717) is 17.4 Å². The van der Waals surface area contributed by atoms with Crippen LogP contribution in [-0.2, 0) is 0 Å². The summed E-state index contributed by atoms with van der Waals surface area (Å²) in [5, 5.41) is 9.60. The van der Waals surface area contributed by atoms with Gasteiger partial charge in [0, 0.05) is 12.0 Å². The van der Waals surface area contributed by atoms with Crippen LogP contribution < -0.4 is 11.1 Å². The molecule has 0 saturated heterocycles. The molecule has 2 heterocycles. The second kappa shape index (κ2) is 4.51. The number of aromatic nitrogens is 4. The number of hydrogen-bond acceptors (Lipinski definition) is 5. The lowest BCUT2D eigenvalue weighted by Gasteiger charge is -2.02. The van der Waals surface area contributed by atoms with Gasteiger partial charge in [0.15, 0.2) is 5.69 Å². The summed E-state index contributed by atoms with van der Waals surface area (Å²) in [5.74, 6) is 0.290. The number of aromatic amines is 1. The SMILES string of the molecule is Nc1c(C(=O)Nc2cc(Cl)ncn2)n[nH]c1C1CC1. The van der Waals surface area contributed by atoms with Crippen molar-refractivity contribution in [3.05, 3.63) is 28.9 Å². The first-order chi connectivity index (χ1) is 9.15. The molecule has 0 aliphatic heterocycles. The minimum atomic E-state index is -0.421. The molecule has 0 bridgehead atoms. The normalized spacial score (nSPS) is 14.4. The van der Waals surface area contributed by atoms with Gasteiger partial charge < -0.3 is 11.1 Å².